The first-order valence-corrected chi connectivity index (χ1v) is 8.28. The number of rotatable bonds is 5. The molecule has 2 aromatic carbocycles. The van der Waals surface area contributed by atoms with Crippen molar-refractivity contribution in [3.63, 3.8) is 0 Å². The van der Waals surface area contributed by atoms with Crippen molar-refractivity contribution in [2.24, 2.45) is 5.14 Å². The van der Waals surface area contributed by atoms with Gasteiger partial charge in [0.05, 0.1) is 4.90 Å². The smallest absolute Gasteiger partial charge is 0.295 e. The second-order valence-electron chi connectivity index (χ2n) is 4.85. The minimum absolute atomic E-state index is 0.114. The number of nitrogens with zero attached hydrogens (tertiary/aromatic N) is 1. The van der Waals surface area contributed by atoms with Crippen LogP contribution < -0.4 is 10.5 Å². The minimum atomic E-state index is -3.64. The van der Waals surface area contributed by atoms with E-state index in [0.717, 1.165) is 16.7 Å². The molecule has 3 N–H and O–H groups in total. The van der Waals surface area contributed by atoms with Gasteiger partial charge in [-0.2, -0.15) is 4.98 Å². The van der Waals surface area contributed by atoms with E-state index in [0.29, 0.717) is 19.0 Å². The van der Waals surface area contributed by atoms with E-state index in [1.54, 1.807) is 12.1 Å². The molecule has 0 bridgehead atoms. The van der Waals surface area contributed by atoms with Gasteiger partial charge in [0.1, 0.15) is 5.52 Å². The Labute approximate surface area is 128 Å². The average Bonchev–Trinajstić information content (AvgIpc) is 2.89. The van der Waals surface area contributed by atoms with Gasteiger partial charge in [-0.05, 0) is 36.2 Å². The van der Waals surface area contributed by atoms with E-state index in [1.807, 2.05) is 24.3 Å². The molecule has 114 valence electrons. The summed E-state index contributed by atoms with van der Waals surface area (Å²) in [5, 5.41) is 8.17. The molecule has 6 nitrogen and oxygen atoms in total. The van der Waals surface area contributed by atoms with Crippen LogP contribution in [0.25, 0.3) is 11.1 Å². The summed E-state index contributed by atoms with van der Waals surface area (Å²) in [5.41, 5.74) is 2.54. The van der Waals surface area contributed by atoms with Gasteiger partial charge < -0.3 is 9.73 Å². The molecule has 0 saturated heterocycles. The van der Waals surface area contributed by atoms with E-state index in [9.17, 15) is 8.42 Å². The molecule has 0 radical (unpaired) electrons. The Morgan fingerprint density at radius 3 is 2.50 bits per heavy atom. The summed E-state index contributed by atoms with van der Waals surface area (Å²) in [5.74, 6) is 0. The first-order valence-electron chi connectivity index (χ1n) is 6.73. The second-order valence-corrected chi connectivity index (χ2v) is 6.41. The lowest BCUT2D eigenvalue weighted by atomic mass is 10.1. The Morgan fingerprint density at radius 1 is 1.09 bits per heavy atom. The van der Waals surface area contributed by atoms with Crippen LogP contribution in [0, 0.1) is 0 Å². The molecule has 0 spiro atoms. The normalized spacial score (nSPS) is 11.7. The van der Waals surface area contributed by atoms with Crippen LogP contribution in [-0.2, 0) is 16.4 Å². The zero-order chi connectivity index (χ0) is 15.6. The van der Waals surface area contributed by atoms with Gasteiger partial charge in [0, 0.05) is 6.54 Å². The first-order chi connectivity index (χ1) is 10.5. The Kier molecular flexibility index (Phi) is 3.82. The van der Waals surface area contributed by atoms with Crippen molar-refractivity contribution in [3.05, 3.63) is 54.1 Å². The molecule has 3 rings (SSSR count). The van der Waals surface area contributed by atoms with E-state index < -0.39 is 10.0 Å². The quantitative estimate of drug-likeness (QED) is 0.751. The molecule has 0 aliphatic heterocycles. The summed E-state index contributed by atoms with van der Waals surface area (Å²) < 4.78 is 27.9. The molecule has 0 atom stereocenters. The maximum atomic E-state index is 11.2. The van der Waals surface area contributed by atoms with Gasteiger partial charge in [0.15, 0.2) is 5.58 Å². The third-order valence-corrected chi connectivity index (χ3v) is 4.16. The van der Waals surface area contributed by atoms with Crippen molar-refractivity contribution in [3.8, 4) is 0 Å². The van der Waals surface area contributed by atoms with Crippen LogP contribution in [0.1, 0.15) is 5.56 Å². The minimum Gasteiger partial charge on any atom is -0.424 e. The number of nitrogens with two attached hydrogens (primary N) is 1. The molecular weight excluding hydrogens is 302 g/mol. The van der Waals surface area contributed by atoms with Crippen LogP contribution in [0.5, 0.6) is 0 Å². The fourth-order valence-electron chi connectivity index (χ4n) is 2.11. The van der Waals surface area contributed by atoms with Crippen molar-refractivity contribution >= 4 is 27.1 Å². The number of sulfonamides is 1. The number of primary sulfonamides is 1. The predicted octanol–water partition coefficient (Wildman–Crippen LogP) is 2.13. The van der Waals surface area contributed by atoms with Crippen molar-refractivity contribution in [1.29, 1.82) is 0 Å². The van der Waals surface area contributed by atoms with Crippen molar-refractivity contribution < 1.29 is 12.8 Å². The lowest BCUT2D eigenvalue weighted by molar-refractivity contribution is 0.598. The first kappa shape index (κ1) is 14.6. The van der Waals surface area contributed by atoms with E-state index >= 15 is 0 Å². The highest BCUT2D eigenvalue weighted by Gasteiger charge is 2.07. The van der Waals surface area contributed by atoms with Gasteiger partial charge in [-0.15, -0.1) is 0 Å². The molecule has 0 fully saturated rings. The van der Waals surface area contributed by atoms with Crippen LogP contribution in [0.15, 0.2) is 57.8 Å². The number of anilines is 1. The molecule has 22 heavy (non-hydrogen) atoms. The Hall–Kier alpha value is -2.38. The topological polar surface area (TPSA) is 98.2 Å². The third-order valence-electron chi connectivity index (χ3n) is 3.24. The van der Waals surface area contributed by atoms with Gasteiger partial charge in [0.2, 0.25) is 10.0 Å². The molecular formula is C15H15N3O3S. The zero-order valence-electron chi connectivity index (χ0n) is 11.7. The summed E-state index contributed by atoms with van der Waals surface area (Å²) in [4.78, 5) is 4.43. The highest BCUT2D eigenvalue weighted by Crippen LogP contribution is 2.18. The molecule has 7 heteroatoms. The number of benzene rings is 2. The fourth-order valence-corrected chi connectivity index (χ4v) is 2.62. The van der Waals surface area contributed by atoms with E-state index in [4.69, 9.17) is 9.56 Å². The van der Waals surface area contributed by atoms with Gasteiger partial charge in [-0.3, -0.25) is 0 Å². The SMILES string of the molecule is NS(=O)(=O)c1ccc(CCNc2nc3ccccc3o2)cc1. The molecule has 0 saturated carbocycles. The summed E-state index contributed by atoms with van der Waals surface area (Å²) >= 11 is 0. The maximum Gasteiger partial charge on any atom is 0.295 e. The lowest BCUT2D eigenvalue weighted by Crippen LogP contribution is -2.12. The lowest BCUT2D eigenvalue weighted by Gasteiger charge is -2.03. The van der Waals surface area contributed by atoms with Gasteiger partial charge in [-0.1, -0.05) is 24.3 Å². The van der Waals surface area contributed by atoms with Crippen molar-refractivity contribution in [1.82, 2.24) is 4.98 Å². The predicted molar refractivity (Wildman–Crippen MR) is 84.0 cm³/mol. The van der Waals surface area contributed by atoms with Crippen LogP contribution in [0.3, 0.4) is 0 Å². The molecule has 1 aromatic heterocycles. The summed E-state index contributed by atoms with van der Waals surface area (Å²) in [6.07, 6.45) is 0.712. The maximum absolute atomic E-state index is 11.2. The molecule has 1 heterocycles. The molecule has 0 amide bonds. The average molecular weight is 317 g/mol. The highest BCUT2D eigenvalue weighted by molar-refractivity contribution is 7.89. The molecule has 0 aliphatic rings. The third kappa shape index (κ3) is 3.26. The molecule has 0 aliphatic carbocycles. The van der Waals surface area contributed by atoms with Gasteiger partial charge in [-0.25, -0.2) is 13.6 Å². The molecule has 3 aromatic rings. The van der Waals surface area contributed by atoms with Crippen LogP contribution >= 0.6 is 0 Å². The molecule has 0 unspecified atom stereocenters. The Bertz CT molecular complexity index is 853. The Balaban J connectivity index is 1.61. The highest BCUT2D eigenvalue weighted by atomic mass is 32.2. The van der Waals surface area contributed by atoms with Crippen molar-refractivity contribution in [2.75, 3.05) is 11.9 Å². The van der Waals surface area contributed by atoms with Crippen LogP contribution in [0.2, 0.25) is 0 Å². The monoisotopic (exact) mass is 317 g/mol. The van der Waals surface area contributed by atoms with E-state index in [1.165, 1.54) is 12.1 Å². The van der Waals surface area contributed by atoms with Crippen molar-refractivity contribution in [2.45, 2.75) is 11.3 Å². The standard InChI is InChI=1S/C15H15N3O3S/c16-22(19,20)12-7-5-11(6-8-12)9-10-17-15-18-13-3-1-2-4-14(13)21-15/h1-8H,9-10H2,(H,17,18)(H2,16,19,20). The second kappa shape index (κ2) is 5.78. The van der Waals surface area contributed by atoms with Crippen LogP contribution in [-0.4, -0.2) is 19.9 Å². The largest absolute Gasteiger partial charge is 0.424 e. The number of hydrogen-bond acceptors (Lipinski definition) is 5. The summed E-state index contributed by atoms with van der Waals surface area (Å²) in [6, 6.07) is 14.5. The van der Waals surface area contributed by atoms with E-state index in [2.05, 4.69) is 10.3 Å². The number of fused-ring (bicyclic) bond motifs is 1. The van der Waals surface area contributed by atoms with Gasteiger partial charge in [0.25, 0.3) is 6.01 Å². The number of aromatic nitrogens is 1. The number of para-hydroxylation sites is 2. The zero-order valence-corrected chi connectivity index (χ0v) is 12.5. The summed E-state index contributed by atoms with van der Waals surface area (Å²) in [7, 11) is -3.64. The van der Waals surface area contributed by atoms with Gasteiger partial charge >= 0.3 is 0 Å². The summed E-state index contributed by atoms with van der Waals surface area (Å²) in [6.45, 7) is 0.627. The fraction of sp³-hybridized carbons (Fsp3) is 0.133. The van der Waals surface area contributed by atoms with E-state index in [-0.39, 0.29) is 4.90 Å². The van der Waals surface area contributed by atoms with Crippen LogP contribution in [0.4, 0.5) is 6.01 Å². The number of oxazole rings is 1. The Morgan fingerprint density at radius 2 is 1.82 bits per heavy atom. The number of hydrogen-bond donors (Lipinski definition) is 2. The number of nitrogens with one attached hydrogen (secondary N) is 1.